The average Bonchev–Trinajstić information content (AvgIpc) is 3.23. The van der Waals surface area contributed by atoms with Crippen molar-refractivity contribution in [2.24, 2.45) is 0 Å². The van der Waals surface area contributed by atoms with Gasteiger partial charge in [-0.25, -0.2) is 9.97 Å². The monoisotopic (exact) mass is 468 g/mol. The largest absolute Gasteiger partial charge is 0.418 e. The molecular formula is C20H16ClF3N4O2S. The summed E-state index contributed by atoms with van der Waals surface area (Å²) < 4.78 is 38.9. The molecule has 2 heterocycles. The number of hydrogen-bond donors (Lipinski definition) is 2. The number of rotatable bonds is 7. The smallest absolute Gasteiger partial charge is 0.306 e. The van der Waals surface area contributed by atoms with Crippen LogP contribution in [-0.4, -0.2) is 28.2 Å². The molecule has 3 rings (SSSR count). The van der Waals surface area contributed by atoms with Crippen LogP contribution in [0.1, 0.15) is 43.6 Å². The zero-order valence-corrected chi connectivity index (χ0v) is 17.6. The van der Waals surface area contributed by atoms with Crippen LogP contribution in [0, 0.1) is 0 Å². The van der Waals surface area contributed by atoms with Crippen molar-refractivity contribution in [1.29, 1.82) is 0 Å². The fraction of sp³-hybridized carbons (Fsp3) is 0.200. The molecule has 0 aliphatic heterocycles. The molecule has 2 aromatic heterocycles. The lowest BCUT2D eigenvalue weighted by atomic mass is 10.1. The summed E-state index contributed by atoms with van der Waals surface area (Å²) in [6, 6.07) is 9.15. The molecule has 31 heavy (non-hydrogen) atoms. The second kappa shape index (κ2) is 9.54. The minimum atomic E-state index is -4.67. The van der Waals surface area contributed by atoms with Crippen LogP contribution in [0.2, 0.25) is 5.02 Å². The van der Waals surface area contributed by atoms with Crippen molar-refractivity contribution in [3.05, 3.63) is 74.8 Å². The van der Waals surface area contributed by atoms with E-state index in [1.54, 1.807) is 31.2 Å². The maximum absolute atomic E-state index is 13.0. The summed E-state index contributed by atoms with van der Waals surface area (Å²) >= 11 is 6.59. The van der Waals surface area contributed by atoms with Gasteiger partial charge in [0, 0.05) is 11.8 Å². The first-order valence-corrected chi connectivity index (χ1v) is 10.2. The molecule has 0 spiro atoms. The van der Waals surface area contributed by atoms with Gasteiger partial charge in [0.2, 0.25) is 0 Å². The third-order valence-corrected chi connectivity index (χ3v) is 5.66. The summed E-state index contributed by atoms with van der Waals surface area (Å²) in [6.45, 7) is 1.87. The van der Waals surface area contributed by atoms with Gasteiger partial charge in [-0.1, -0.05) is 41.9 Å². The predicted octanol–water partition coefficient (Wildman–Crippen LogP) is 5.00. The van der Waals surface area contributed by atoms with E-state index in [2.05, 4.69) is 20.6 Å². The predicted molar refractivity (Wildman–Crippen MR) is 112 cm³/mol. The van der Waals surface area contributed by atoms with Gasteiger partial charge in [-0.3, -0.25) is 9.59 Å². The number of nitrogens with one attached hydrogen (secondary N) is 2. The van der Waals surface area contributed by atoms with E-state index in [-0.39, 0.29) is 29.1 Å². The molecule has 0 bridgehead atoms. The van der Waals surface area contributed by atoms with Crippen LogP contribution in [-0.2, 0) is 6.18 Å². The molecule has 11 heteroatoms. The topological polar surface area (TPSA) is 84.0 Å². The van der Waals surface area contributed by atoms with E-state index >= 15 is 0 Å². The molecule has 2 N–H and O–H groups in total. The van der Waals surface area contributed by atoms with Crippen LogP contribution in [0.15, 0.2) is 48.8 Å². The Balaban J connectivity index is 1.62. The standard InChI is InChI=1S/C20H16ClF3N4O2S/c1-11(25-9-15(29)12-5-3-2-4-6-12)19-27-10-16(31-19)18(30)28-17-7-13(20(22,23)24)14(21)8-26-17/h2-8,10-11,25H,9H2,1H3,(H,26,28,30)/t11-/m0/s1. The van der Waals surface area contributed by atoms with Crippen LogP contribution in [0.3, 0.4) is 0 Å². The molecule has 0 saturated carbocycles. The molecular weight excluding hydrogens is 453 g/mol. The van der Waals surface area contributed by atoms with Crippen molar-refractivity contribution in [2.75, 3.05) is 11.9 Å². The van der Waals surface area contributed by atoms with Gasteiger partial charge >= 0.3 is 6.18 Å². The molecule has 0 unspecified atom stereocenters. The molecule has 0 aliphatic carbocycles. The summed E-state index contributed by atoms with van der Waals surface area (Å²) in [6.07, 6.45) is -2.53. The number of ketones is 1. The highest BCUT2D eigenvalue weighted by atomic mass is 35.5. The highest BCUT2D eigenvalue weighted by Crippen LogP contribution is 2.35. The zero-order chi connectivity index (χ0) is 22.6. The zero-order valence-electron chi connectivity index (χ0n) is 16.0. The lowest BCUT2D eigenvalue weighted by Crippen LogP contribution is -2.25. The lowest BCUT2D eigenvalue weighted by Gasteiger charge is -2.11. The first kappa shape index (κ1) is 22.9. The summed E-state index contributed by atoms with van der Waals surface area (Å²) in [5, 5.41) is 5.34. The van der Waals surface area contributed by atoms with E-state index in [0.29, 0.717) is 16.6 Å². The maximum Gasteiger partial charge on any atom is 0.418 e. The van der Waals surface area contributed by atoms with Gasteiger partial charge in [0.05, 0.1) is 29.4 Å². The van der Waals surface area contributed by atoms with Crippen molar-refractivity contribution >= 4 is 40.4 Å². The number of pyridine rings is 1. The molecule has 0 saturated heterocycles. The third kappa shape index (κ3) is 5.87. The number of anilines is 1. The van der Waals surface area contributed by atoms with Crippen molar-refractivity contribution < 1.29 is 22.8 Å². The van der Waals surface area contributed by atoms with Crippen molar-refractivity contribution in [1.82, 2.24) is 15.3 Å². The van der Waals surface area contributed by atoms with Gasteiger partial charge in [-0.2, -0.15) is 13.2 Å². The van der Waals surface area contributed by atoms with Crippen LogP contribution in [0.25, 0.3) is 0 Å². The molecule has 0 fully saturated rings. The highest BCUT2D eigenvalue weighted by Gasteiger charge is 2.34. The van der Waals surface area contributed by atoms with Crippen molar-refractivity contribution in [2.45, 2.75) is 19.1 Å². The SMILES string of the molecule is C[C@H](NCC(=O)c1ccccc1)c1ncc(C(=O)Nc2cc(C(F)(F)F)c(Cl)cn2)s1. The van der Waals surface area contributed by atoms with E-state index in [0.717, 1.165) is 17.5 Å². The fourth-order valence-corrected chi connectivity index (χ4v) is 3.60. The second-order valence-corrected chi connectivity index (χ2v) is 7.93. The molecule has 1 atom stereocenters. The van der Waals surface area contributed by atoms with Gasteiger partial charge in [-0.15, -0.1) is 11.3 Å². The van der Waals surface area contributed by atoms with Gasteiger partial charge in [0.15, 0.2) is 5.78 Å². The number of amides is 1. The Morgan fingerprint density at radius 2 is 1.87 bits per heavy atom. The van der Waals surface area contributed by atoms with Crippen molar-refractivity contribution in [3.8, 4) is 0 Å². The fourth-order valence-electron chi connectivity index (χ4n) is 2.55. The van der Waals surface area contributed by atoms with Crippen molar-refractivity contribution in [3.63, 3.8) is 0 Å². The molecule has 0 radical (unpaired) electrons. The first-order chi connectivity index (χ1) is 14.6. The highest BCUT2D eigenvalue weighted by molar-refractivity contribution is 7.13. The maximum atomic E-state index is 13.0. The Kier molecular flexibility index (Phi) is 7.04. The first-order valence-electron chi connectivity index (χ1n) is 8.96. The van der Waals surface area contributed by atoms with E-state index in [9.17, 15) is 22.8 Å². The van der Waals surface area contributed by atoms with E-state index < -0.39 is 22.7 Å². The van der Waals surface area contributed by atoms with Crippen LogP contribution in [0.4, 0.5) is 19.0 Å². The number of hydrogen-bond acceptors (Lipinski definition) is 6. The normalized spacial score (nSPS) is 12.4. The Morgan fingerprint density at radius 3 is 2.55 bits per heavy atom. The molecule has 162 valence electrons. The quantitative estimate of drug-likeness (QED) is 0.477. The van der Waals surface area contributed by atoms with E-state index in [1.165, 1.54) is 6.20 Å². The third-order valence-electron chi connectivity index (χ3n) is 4.18. The lowest BCUT2D eigenvalue weighted by molar-refractivity contribution is -0.137. The Morgan fingerprint density at radius 1 is 1.16 bits per heavy atom. The van der Waals surface area contributed by atoms with E-state index in [4.69, 9.17) is 11.6 Å². The molecule has 0 aliphatic rings. The van der Waals surface area contributed by atoms with Gasteiger partial charge in [0.25, 0.3) is 5.91 Å². The van der Waals surface area contributed by atoms with Crippen LogP contribution >= 0.6 is 22.9 Å². The number of thiazole rings is 1. The average molecular weight is 469 g/mol. The number of alkyl halides is 3. The number of Topliss-reactive ketones (excluding diaryl/α,β-unsaturated/α-hetero) is 1. The van der Waals surface area contributed by atoms with Crippen LogP contribution in [0.5, 0.6) is 0 Å². The van der Waals surface area contributed by atoms with E-state index in [1.807, 2.05) is 6.07 Å². The molecule has 3 aromatic rings. The number of benzene rings is 1. The summed E-state index contributed by atoms with van der Waals surface area (Å²) in [5.41, 5.74) is -0.513. The van der Waals surface area contributed by atoms with Crippen LogP contribution < -0.4 is 10.6 Å². The number of nitrogens with zero attached hydrogens (tertiary/aromatic N) is 2. The van der Waals surface area contributed by atoms with Gasteiger partial charge < -0.3 is 10.6 Å². The van der Waals surface area contributed by atoms with Gasteiger partial charge in [-0.05, 0) is 13.0 Å². The summed E-state index contributed by atoms with van der Waals surface area (Å²) in [5.74, 6) is -1.02. The Hall–Kier alpha value is -2.82. The summed E-state index contributed by atoms with van der Waals surface area (Å²) in [7, 11) is 0. The number of halogens is 4. The van der Waals surface area contributed by atoms with Gasteiger partial charge in [0.1, 0.15) is 15.7 Å². The molecule has 1 amide bonds. The number of aromatic nitrogens is 2. The minimum absolute atomic E-state index is 0.0845. The Bertz CT molecular complexity index is 1090. The molecule has 1 aromatic carbocycles. The summed E-state index contributed by atoms with van der Waals surface area (Å²) in [4.78, 5) is 32.6. The number of carbonyl (C=O) groups is 2. The molecule has 6 nitrogen and oxygen atoms in total. The second-order valence-electron chi connectivity index (χ2n) is 6.46. The minimum Gasteiger partial charge on any atom is -0.306 e. The Labute approximate surface area is 184 Å². The number of carbonyl (C=O) groups excluding carboxylic acids is 2.